The molecular weight excluding hydrogens is 469 g/mol. The van der Waals surface area contributed by atoms with Gasteiger partial charge in [-0.2, -0.15) is 13.2 Å². The summed E-state index contributed by atoms with van der Waals surface area (Å²) in [6, 6.07) is 8.11. The van der Waals surface area contributed by atoms with Gasteiger partial charge >= 0.3 is 18.2 Å². The van der Waals surface area contributed by atoms with Crippen molar-refractivity contribution < 1.29 is 37.0 Å². The van der Waals surface area contributed by atoms with Gasteiger partial charge in [-0.15, -0.1) is 0 Å². The summed E-state index contributed by atoms with van der Waals surface area (Å²) in [4.78, 5) is 45.7. The molecule has 0 bridgehead atoms. The molecule has 0 radical (unpaired) electrons. The monoisotopic (exact) mass is 492 g/mol. The van der Waals surface area contributed by atoms with Gasteiger partial charge in [0.05, 0.1) is 36.2 Å². The molecule has 1 unspecified atom stereocenters. The predicted octanol–water partition coefficient (Wildman–Crippen LogP) is 2.95. The van der Waals surface area contributed by atoms with Crippen molar-refractivity contribution in [2.45, 2.75) is 19.2 Å². The lowest BCUT2D eigenvalue weighted by atomic mass is 10.1. The van der Waals surface area contributed by atoms with Gasteiger partial charge < -0.3 is 19.3 Å². The third-order valence-electron chi connectivity index (χ3n) is 5.76. The Hall–Kier alpha value is -3.83. The maximum Gasteiger partial charge on any atom is 0.417 e. The molecule has 0 N–H and O–H groups in total. The normalized spacial score (nSPS) is 18.5. The lowest BCUT2D eigenvalue weighted by Crippen LogP contribution is -2.49. The van der Waals surface area contributed by atoms with Crippen LogP contribution in [0.5, 0.6) is 0 Å². The maximum atomic E-state index is 13.3. The Labute approximate surface area is 199 Å². The number of esters is 1. The first kappa shape index (κ1) is 24.3. The molecule has 12 heteroatoms. The van der Waals surface area contributed by atoms with Crippen LogP contribution in [0.15, 0.2) is 42.6 Å². The molecule has 1 aromatic carbocycles. The van der Waals surface area contributed by atoms with Crippen molar-refractivity contribution >= 4 is 29.5 Å². The molecule has 2 amide bonds. The number of anilines is 2. The van der Waals surface area contributed by atoms with E-state index in [0.29, 0.717) is 24.6 Å². The Balaban J connectivity index is 1.37. The van der Waals surface area contributed by atoms with E-state index in [0.717, 1.165) is 6.07 Å². The van der Waals surface area contributed by atoms with Crippen LogP contribution in [0.1, 0.15) is 22.8 Å². The number of benzene rings is 1. The highest BCUT2D eigenvalue weighted by atomic mass is 19.4. The molecule has 0 saturated carbocycles. The molecule has 2 aliphatic rings. The second-order valence-electron chi connectivity index (χ2n) is 7.93. The number of cyclic esters (lactones) is 1. The first-order valence-corrected chi connectivity index (χ1v) is 11.0. The van der Waals surface area contributed by atoms with E-state index in [9.17, 15) is 27.6 Å². The van der Waals surface area contributed by atoms with Crippen LogP contribution in [0.2, 0.25) is 0 Å². The molecule has 0 spiro atoms. The van der Waals surface area contributed by atoms with Crippen molar-refractivity contribution in [1.82, 2.24) is 9.88 Å². The number of nitrogens with zero attached hydrogens (tertiary/aromatic N) is 4. The summed E-state index contributed by atoms with van der Waals surface area (Å²) in [5, 5.41) is 0. The van der Waals surface area contributed by atoms with Crippen LogP contribution in [-0.2, 0) is 20.4 Å². The second kappa shape index (κ2) is 9.80. The molecule has 1 aromatic heterocycles. The number of carbonyl (C=O) groups excluding carboxylic acids is 3. The topological polar surface area (TPSA) is 92.3 Å². The molecular formula is C23H23F3N4O5. The Morgan fingerprint density at radius 2 is 1.83 bits per heavy atom. The summed E-state index contributed by atoms with van der Waals surface area (Å²) >= 11 is 0. The van der Waals surface area contributed by atoms with Crippen molar-refractivity contribution in [3.8, 4) is 0 Å². The molecule has 2 aliphatic heterocycles. The molecule has 4 rings (SSSR count). The van der Waals surface area contributed by atoms with Crippen molar-refractivity contribution in [3.05, 3.63) is 53.7 Å². The van der Waals surface area contributed by atoms with E-state index in [1.54, 1.807) is 19.1 Å². The summed E-state index contributed by atoms with van der Waals surface area (Å²) in [6.07, 6.45) is -4.82. The SMILES string of the molecule is CCOC(=O)C1CN(c2ccc(N3CCN(C(=O)c4ccccc4C(F)(F)F)CC3)nc2)C(=O)O1. The third kappa shape index (κ3) is 5.15. The number of alkyl halides is 3. The van der Waals surface area contributed by atoms with Crippen LogP contribution >= 0.6 is 0 Å². The molecule has 0 aliphatic carbocycles. The van der Waals surface area contributed by atoms with E-state index in [4.69, 9.17) is 9.47 Å². The highest BCUT2D eigenvalue weighted by molar-refractivity contribution is 5.96. The minimum absolute atomic E-state index is 0.0128. The first-order chi connectivity index (χ1) is 16.7. The lowest BCUT2D eigenvalue weighted by molar-refractivity contribution is -0.151. The van der Waals surface area contributed by atoms with E-state index < -0.39 is 35.8 Å². The predicted molar refractivity (Wildman–Crippen MR) is 118 cm³/mol. The Morgan fingerprint density at radius 3 is 2.46 bits per heavy atom. The van der Waals surface area contributed by atoms with Crippen LogP contribution in [0.3, 0.4) is 0 Å². The van der Waals surface area contributed by atoms with Crippen LogP contribution < -0.4 is 9.80 Å². The highest BCUT2D eigenvalue weighted by Crippen LogP contribution is 2.32. The zero-order valence-electron chi connectivity index (χ0n) is 18.8. The smallest absolute Gasteiger partial charge is 0.417 e. The minimum Gasteiger partial charge on any atom is -0.463 e. The molecule has 3 heterocycles. The summed E-state index contributed by atoms with van der Waals surface area (Å²) < 4.78 is 49.8. The number of rotatable bonds is 5. The Kier molecular flexibility index (Phi) is 6.81. The number of aromatic nitrogens is 1. The number of hydrogen-bond donors (Lipinski definition) is 0. The van der Waals surface area contributed by atoms with Gasteiger partial charge in [-0.1, -0.05) is 12.1 Å². The van der Waals surface area contributed by atoms with Crippen molar-refractivity contribution in [2.75, 3.05) is 49.1 Å². The molecule has 2 fully saturated rings. The largest absolute Gasteiger partial charge is 0.463 e. The van der Waals surface area contributed by atoms with Gasteiger partial charge in [0.1, 0.15) is 5.82 Å². The first-order valence-electron chi connectivity index (χ1n) is 11.0. The van der Waals surface area contributed by atoms with E-state index in [1.165, 1.54) is 34.2 Å². The average Bonchev–Trinajstić information content (AvgIpc) is 3.25. The average molecular weight is 492 g/mol. The van der Waals surface area contributed by atoms with Crippen molar-refractivity contribution in [2.24, 2.45) is 0 Å². The van der Waals surface area contributed by atoms with Gasteiger partial charge in [0.2, 0.25) is 6.10 Å². The number of halogens is 3. The van der Waals surface area contributed by atoms with Crippen LogP contribution in [0.4, 0.5) is 29.5 Å². The van der Waals surface area contributed by atoms with Crippen molar-refractivity contribution in [1.29, 1.82) is 0 Å². The van der Waals surface area contributed by atoms with Crippen molar-refractivity contribution in [3.63, 3.8) is 0 Å². The van der Waals surface area contributed by atoms with Gasteiger partial charge in [-0.25, -0.2) is 14.6 Å². The summed E-state index contributed by atoms with van der Waals surface area (Å²) in [7, 11) is 0. The molecule has 2 saturated heterocycles. The molecule has 35 heavy (non-hydrogen) atoms. The third-order valence-corrected chi connectivity index (χ3v) is 5.76. The molecule has 9 nitrogen and oxygen atoms in total. The highest BCUT2D eigenvalue weighted by Gasteiger charge is 2.38. The van der Waals surface area contributed by atoms with E-state index >= 15 is 0 Å². The molecule has 2 aromatic rings. The summed E-state index contributed by atoms with van der Waals surface area (Å²) in [6.45, 7) is 3.07. The van der Waals surface area contributed by atoms with Gasteiger partial charge in [-0.3, -0.25) is 9.69 Å². The summed E-state index contributed by atoms with van der Waals surface area (Å²) in [5.74, 6) is -0.686. The second-order valence-corrected chi connectivity index (χ2v) is 7.93. The number of carbonyl (C=O) groups is 3. The van der Waals surface area contributed by atoms with E-state index in [-0.39, 0.29) is 31.8 Å². The number of hydrogen-bond acceptors (Lipinski definition) is 7. The lowest BCUT2D eigenvalue weighted by Gasteiger charge is -2.35. The van der Waals surface area contributed by atoms with E-state index in [1.807, 2.05) is 4.90 Å². The fraction of sp³-hybridized carbons (Fsp3) is 0.391. The van der Waals surface area contributed by atoms with Gasteiger partial charge in [-0.05, 0) is 31.2 Å². The fourth-order valence-electron chi connectivity index (χ4n) is 3.98. The zero-order chi connectivity index (χ0) is 25.2. The Bertz CT molecular complexity index is 1100. The number of pyridine rings is 1. The zero-order valence-corrected chi connectivity index (χ0v) is 18.8. The quantitative estimate of drug-likeness (QED) is 0.593. The number of ether oxygens (including phenoxy) is 2. The standard InChI is InChI=1S/C23H23F3N4O5/c1-2-34-21(32)18-14-30(22(33)35-18)15-7-8-19(27-13-15)28-9-11-29(12-10-28)20(31)16-5-3-4-6-17(16)23(24,25)26/h3-8,13,18H,2,9-12,14H2,1H3. The summed E-state index contributed by atoms with van der Waals surface area (Å²) in [5.41, 5.74) is -0.868. The fourth-order valence-corrected chi connectivity index (χ4v) is 3.98. The molecule has 186 valence electrons. The Morgan fingerprint density at radius 1 is 1.11 bits per heavy atom. The number of amides is 2. The maximum absolute atomic E-state index is 13.3. The van der Waals surface area contributed by atoms with Crippen LogP contribution in [0.25, 0.3) is 0 Å². The number of piperazine rings is 1. The van der Waals surface area contributed by atoms with Gasteiger partial charge in [0, 0.05) is 26.2 Å². The minimum atomic E-state index is -4.61. The van der Waals surface area contributed by atoms with Gasteiger partial charge in [0.25, 0.3) is 5.91 Å². The van der Waals surface area contributed by atoms with Crippen LogP contribution in [0, 0.1) is 0 Å². The van der Waals surface area contributed by atoms with E-state index in [2.05, 4.69) is 4.98 Å². The van der Waals surface area contributed by atoms with Gasteiger partial charge in [0.15, 0.2) is 0 Å². The van der Waals surface area contributed by atoms with Crippen LogP contribution in [-0.4, -0.2) is 73.3 Å². The molecule has 1 atom stereocenters.